The fourth-order valence-electron chi connectivity index (χ4n) is 3.02. The second kappa shape index (κ2) is 6.96. The minimum atomic E-state index is -0.217. The maximum Gasteiger partial charge on any atom is 0.269 e. The maximum absolute atomic E-state index is 12.8. The van der Waals surface area contributed by atoms with Crippen LogP contribution in [0.15, 0.2) is 45.3 Å². The molecule has 26 heavy (non-hydrogen) atoms. The number of benzene rings is 2. The molecule has 0 radical (unpaired) electrons. The van der Waals surface area contributed by atoms with E-state index in [4.69, 9.17) is 9.47 Å². The van der Waals surface area contributed by atoms with E-state index in [1.807, 2.05) is 43.3 Å². The fourth-order valence-corrected chi connectivity index (χ4v) is 4.31. The van der Waals surface area contributed by atoms with Gasteiger partial charge in [-0.3, -0.25) is 4.79 Å². The van der Waals surface area contributed by atoms with Crippen LogP contribution in [0.5, 0.6) is 11.5 Å². The number of aromatic nitrogens is 1. The third kappa shape index (κ3) is 3.10. The Morgan fingerprint density at radius 3 is 2.58 bits per heavy atom. The van der Waals surface area contributed by atoms with Gasteiger partial charge in [0.05, 0.1) is 10.5 Å². The van der Waals surface area contributed by atoms with Crippen LogP contribution in [0, 0.1) is 0 Å². The molecule has 134 valence electrons. The van der Waals surface area contributed by atoms with Crippen molar-refractivity contribution in [1.29, 1.82) is 0 Å². The summed E-state index contributed by atoms with van der Waals surface area (Å²) in [4.78, 5) is 15.9. The molecule has 1 aliphatic rings. The number of nitrogens with one attached hydrogen (secondary N) is 2. The van der Waals surface area contributed by atoms with Crippen LogP contribution in [-0.4, -0.2) is 24.1 Å². The van der Waals surface area contributed by atoms with Crippen LogP contribution in [-0.2, 0) is 0 Å². The van der Waals surface area contributed by atoms with Gasteiger partial charge in [0, 0.05) is 15.4 Å². The van der Waals surface area contributed by atoms with E-state index in [9.17, 15) is 4.79 Å². The highest BCUT2D eigenvalue weighted by molar-refractivity contribution is 9.11. The van der Waals surface area contributed by atoms with E-state index in [0.717, 1.165) is 25.4 Å². The molecule has 0 fully saturated rings. The molecular weight excluding hydrogens is 464 g/mol. The van der Waals surface area contributed by atoms with Gasteiger partial charge in [-0.1, -0.05) is 34.1 Å². The topological polar surface area (TPSA) is 63.4 Å². The number of carbonyl (C=O) groups is 1. The van der Waals surface area contributed by atoms with Gasteiger partial charge >= 0.3 is 0 Å². The summed E-state index contributed by atoms with van der Waals surface area (Å²) in [7, 11) is 0. The predicted octanol–water partition coefficient (Wildman–Crippen LogP) is 4.96. The molecule has 0 spiro atoms. The molecule has 1 amide bonds. The summed E-state index contributed by atoms with van der Waals surface area (Å²) < 4.78 is 12.9. The van der Waals surface area contributed by atoms with E-state index >= 15 is 0 Å². The fraction of sp³-hybridized carbons (Fsp3) is 0.211. The zero-order valence-corrected chi connectivity index (χ0v) is 17.1. The molecule has 2 aromatic carbocycles. The number of hydrogen-bond donors (Lipinski definition) is 2. The molecule has 1 aliphatic heterocycles. The molecule has 5 nitrogen and oxygen atoms in total. The zero-order valence-electron chi connectivity index (χ0n) is 13.9. The lowest BCUT2D eigenvalue weighted by molar-refractivity contribution is 0.0934. The van der Waals surface area contributed by atoms with Crippen molar-refractivity contribution in [3.05, 3.63) is 56.6 Å². The van der Waals surface area contributed by atoms with Crippen LogP contribution in [0.1, 0.15) is 29.0 Å². The number of H-pyrrole nitrogens is 1. The van der Waals surface area contributed by atoms with Gasteiger partial charge in [0.15, 0.2) is 11.5 Å². The van der Waals surface area contributed by atoms with Crippen molar-refractivity contribution in [3.8, 4) is 11.5 Å². The summed E-state index contributed by atoms with van der Waals surface area (Å²) in [5.41, 5.74) is 2.35. The molecule has 0 saturated heterocycles. The SMILES string of the molecule is CC(NC(=O)c1[nH]c2ccccc2c1Br)c1cc2c(cc1Br)OCCO2. The summed E-state index contributed by atoms with van der Waals surface area (Å²) >= 11 is 7.09. The maximum atomic E-state index is 12.8. The monoisotopic (exact) mass is 478 g/mol. The second-order valence-electron chi connectivity index (χ2n) is 6.07. The standard InChI is InChI=1S/C19H16Br2N2O3/c1-10(12-8-15-16(9-13(12)20)26-7-6-25-15)22-19(24)18-17(21)11-4-2-3-5-14(11)23-18/h2-5,8-10,23H,6-7H2,1H3,(H,22,24). The third-order valence-corrected chi connectivity index (χ3v) is 5.86. The summed E-state index contributed by atoms with van der Waals surface area (Å²) in [5.74, 6) is 1.23. The first-order valence-electron chi connectivity index (χ1n) is 8.20. The van der Waals surface area contributed by atoms with E-state index in [1.54, 1.807) is 0 Å². The van der Waals surface area contributed by atoms with Gasteiger partial charge in [-0.2, -0.15) is 0 Å². The van der Waals surface area contributed by atoms with Gasteiger partial charge in [-0.05, 0) is 46.6 Å². The highest BCUT2D eigenvalue weighted by Crippen LogP contribution is 2.38. The van der Waals surface area contributed by atoms with Crippen LogP contribution in [0.4, 0.5) is 0 Å². The van der Waals surface area contributed by atoms with Gasteiger partial charge in [0.25, 0.3) is 5.91 Å². The van der Waals surface area contributed by atoms with Crippen molar-refractivity contribution in [3.63, 3.8) is 0 Å². The molecule has 0 aliphatic carbocycles. The van der Waals surface area contributed by atoms with Crippen molar-refractivity contribution in [2.45, 2.75) is 13.0 Å². The molecule has 4 rings (SSSR count). The van der Waals surface area contributed by atoms with Crippen LogP contribution < -0.4 is 14.8 Å². The van der Waals surface area contributed by atoms with Crippen LogP contribution >= 0.6 is 31.9 Å². The highest BCUT2D eigenvalue weighted by Gasteiger charge is 2.22. The molecule has 0 saturated carbocycles. The number of rotatable bonds is 3. The number of fused-ring (bicyclic) bond motifs is 2. The third-order valence-electron chi connectivity index (χ3n) is 4.35. The van der Waals surface area contributed by atoms with Crippen molar-refractivity contribution in [1.82, 2.24) is 10.3 Å². The number of ether oxygens (including phenoxy) is 2. The Balaban J connectivity index is 1.60. The molecule has 1 atom stereocenters. The predicted molar refractivity (Wildman–Crippen MR) is 107 cm³/mol. The Bertz CT molecular complexity index is 1000. The summed E-state index contributed by atoms with van der Waals surface area (Å²) in [6, 6.07) is 11.4. The number of halogens is 2. The molecule has 3 aromatic rings. The van der Waals surface area contributed by atoms with E-state index in [2.05, 4.69) is 42.2 Å². The molecule has 2 N–H and O–H groups in total. The Morgan fingerprint density at radius 1 is 1.15 bits per heavy atom. The lowest BCUT2D eigenvalue weighted by atomic mass is 10.1. The lowest BCUT2D eigenvalue weighted by Gasteiger charge is -2.22. The molecule has 1 unspecified atom stereocenters. The number of carbonyl (C=O) groups excluding carboxylic acids is 1. The van der Waals surface area contributed by atoms with E-state index in [-0.39, 0.29) is 11.9 Å². The molecule has 2 heterocycles. The van der Waals surface area contributed by atoms with Crippen LogP contribution in [0.25, 0.3) is 10.9 Å². The second-order valence-corrected chi connectivity index (χ2v) is 7.72. The average Bonchev–Trinajstić information content (AvgIpc) is 2.98. The molecule has 1 aromatic heterocycles. The molecular formula is C19H16Br2N2O3. The normalized spacial score (nSPS) is 14.3. The lowest BCUT2D eigenvalue weighted by Crippen LogP contribution is -2.27. The largest absolute Gasteiger partial charge is 0.486 e. The van der Waals surface area contributed by atoms with Gasteiger partial charge < -0.3 is 19.8 Å². The van der Waals surface area contributed by atoms with Crippen molar-refractivity contribution >= 4 is 48.7 Å². The minimum absolute atomic E-state index is 0.178. The van der Waals surface area contributed by atoms with E-state index in [1.165, 1.54) is 0 Å². The van der Waals surface area contributed by atoms with Gasteiger partial charge in [-0.15, -0.1) is 0 Å². The summed E-state index contributed by atoms with van der Waals surface area (Å²) in [5, 5.41) is 4.01. The smallest absolute Gasteiger partial charge is 0.269 e. The number of para-hydroxylation sites is 1. The molecule has 0 bridgehead atoms. The Labute approximate surface area is 167 Å². The Morgan fingerprint density at radius 2 is 1.85 bits per heavy atom. The number of hydrogen-bond acceptors (Lipinski definition) is 3. The first-order chi connectivity index (χ1) is 12.5. The molecule has 7 heteroatoms. The Kier molecular flexibility index (Phi) is 4.67. The van der Waals surface area contributed by atoms with E-state index in [0.29, 0.717) is 30.4 Å². The van der Waals surface area contributed by atoms with Crippen molar-refractivity contribution in [2.75, 3.05) is 13.2 Å². The van der Waals surface area contributed by atoms with Crippen molar-refractivity contribution in [2.24, 2.45) is 0 Å². The van der Waals surface area contributed by atoms with Gasteiger partial charge in [0.1, 0.15) is 18.9 Å². The number of amides is 1. The highest BCUT2D eigenvalue weighted by atomic mass is 79.9. The first-order valence-corrected chi connectivity index (χ1v) is 9.79. The summed E-state index contributed by atoms with van der Waals surface area (Å²) in [6.07, 6.45) is 0. The van der Waals surface area contributed by atoms with Crippen molar-refractivity contribution < 1.29 is 14.3 Å². The Hall–Kier alpha value is -1.99. The van der Waals surface area contributed by atoms with Gasteiger partial charge in [-0.25, -0.2) is 0 Å². The first kappa shape index (κ1) is 17.4. The summed E-state index contributed by atoms with van der Waals surface area (Å²) in [6.45, 7) is 3.00. The quantitative estimate of drug-likeness (QED) is 0.558. The van der Waals surface area contributed by atoms with Gasteiger partial charge in [0.2, 0.25) is 0 Å². The zero-order chi connectivity index (χ0) is 18.3. The average molecular weight is 480 g/mol. The van der Waals surface area contributed by atoms with Crippen LogP contribution in [0.2, 0.25) is 0 Å². The van der Waals surface area contributed by atoms with E-state index < -0.39 is 0 Å². The van der Waals surface area contributed by atoms with Crippen LogP contribution in [0.3, 0.4) is 0 Å². The number of aromatic amines is 1. The minimum Gasteiger partial charge on any atom is -0.486 e.